The molecule has 0 aromatic heterocycles. The fourth-order valence-electron chi connectivity index (χ4n) is 6.90. The maximum absolute atomic E-state index is 14.7. The Balaban J connectivity index is 1.33. The Kier molecular flexibility index (Phi) is 11.3. The molecule has 3 rings (SSSR count). The van der Waals surface area contributed by atoms with Crippen LogP contribution in [0.25, 0.3) is 0 Å². The zero-order valence-electron chi connectivity index (χ0n) is 20.9. The number of rotatable bonds is 9. The third kappa shape index (κ3) is 8.41. The summed E-state index contributed by atoms with van der Waals surface area (Å²) in [5, 5.41) is 0. The van der Waals surface area contributed by atoms with Crippen LogP contribution in [0.4, 0.5) is 4.39 Å². The Bertz CT molecular complexity index is 526. The molecular weight excluding hydrogens is 379 g/mol. The van der Waals surface area contributed by atoms with Crippen molar-refractivity contribution in [2.45, 2.75) is 142 Å². The molecular formula is C30H51F. The lowest BCUT2D eigenvalue weighted by Gasteiger charge is -2.37. The van der Waals surface area contributed by atoms with Gasteiger partial charge in [0.05, 0.1) is 5.92 Å². The molecule has 0 N–H and O–H groups in total. The van der Waals surface area contributed by atoms with E-state index in [9.17, 15) is 4.39 Å². The molecule has 1 heteroatoms. The summed E-state index contributed by atoms with van der Waals surface area (Å²) in [6.07, 6.45) is 24.4. The fraction of sp³-hybridized carbons (Fsp3) is 0.933. The van der Waals surface area contributed by atoms with Crippen molar-refractivity contribution < 1.29 is 4.39 Å². The summed E-state index contributed by atoms with van der Waals surface area (Å²) in [5.74, 6) is 11.2. The quantitative estimate of drug-likeness (QED) is 0.252. The molecule has 0 bridgehead atoms. The van der Waals surface area contributed by atoms with Crippen LogP contribution in [-0.4, -0.2) is 6.17 Å². The topological polar surface area (TPSA) is 0 Å². The molecule has 0 aromatic rings. The van der Waals surface area contributed by atoms with Crippen molar-refractivity contribution in [1.29, 1.82) is 0 Å². The van der Waals surface area contributed by atoms with Crippen LogP contribution in [-0.2, 0) is 0 Å². The van der Waals surface area contributed by atoms with Gasteiger partial charge in [0.1, 0.15) is 6.17 Å². The van der Waals surface area contributed by atoms with Crippen LogP contribution in [0.1, 0.15) is 136 Å². The molecule has 31 heavy (non-hydrogen) atoms. The zero-order valence-corrected chi connectivity index (χ0v) is 20.9. The van der Waals surface area contributed by atoms with E-state index in [1.807, 2.05) is 0 Å². The average Bonchev–Trinajstić information content (AvgIpc) is 2.80. The number of halogens is 1. The van der Waals surface area contributed by atoms with Gasteiger partial charge in [0, 0.05) is 5.92 Å². The highest BCUT2D eigenvalue weighted by atomic mass is 19.1. The van der Waals surface area contributed by atoms with Gasteiger partial charge in [-0.15, -0.1) is 0 Å². The van der Waals surface area contributed by atoms with Crippen LogP contribution in [0.2, 0.25) is 0 Å². The minimum absolute atomic E-state index is 0.0307. The SMILES string of the molecule is CCCCCC1CCC(C#CC2CCC([C@H]3CC[C@H](CCCCC)CC3)CC2)C(F)C1. The Morgan fingerprint density at radius 1 is 0.613 bits per heavy atom. The van der Waals surface area contributed by atoms with E-state index in [1.165, 1.54) is 109 Å². The van der Waals surface area contributed by atoms with Gasteiger partial charge in [0.2, 0.25) is 0 Å². The number of alkyl halides is 1. The molecule has 0 spiro atoms. The van der Waals surface area contributed by atoms with Crippen molar-refractivity contribution in [3.05, 3.63) is 0 Å². The molecule has 0 aliphatic heterocycles. The molecule has 0 aromatic carbocycles. The van der Waals surface area contributed by atoms with Crippen LogP contribution >= 0.6 is 0 Å². The van der Waals surface area contributed by atoms with Crippen LogP contribution in [0.3, 0.4) is 0 Å². The molecule has 0 amide bonds. The second-order valence-electron chi connectivity index (χ2n) is 11.5. The lowest BCUT2D eigenvalue weighted by molar-refractivity contribution is 0.149. The van der Waals surface area contributed by atoms with Crippen LogP contribution in [0, 0.1) is 47.3 Å². The van der Waals surface area contributed by atoms with E-state index in [4.69, 9.17) is 0 Å². The van der Waals surface area contributed by atoms with Gasteiger partial charge >= 0.3 is 0 Å². The average molecular weight is 431 g/mol. The highest BCUT2D eigenvalue weighted by Gasteiger charge is 2.31. The van der Waals surface area contributed by atoms with E-state index in [-0.39, 0.29) is 5.92 Å². The number of hydrogen-bond acceptors (Lipinski definition) is 0. The van der Waals surface area contributed by atoms with Crippen molar-refractivity contribution in [3.8, 4) is 11.8 Å². The third-order valence-corrected chi connectivity index (χ3v) is 9.12. The van der Waals surface area contributed by atoms with Crippen LogP contribution in [0.5, 0.6) is 0 Å². The summed E-state index contributed by atoms with van der Waals surface area (Å²) >= 11 is 0. The summed E-state index contributed by atoms with van der Waals surface area (Å²) in [6, 6.07) is 0. The predicted octanol–water partition coefficient (Wildman–Crippen LogP) is 9.52. The summed E-state index contributed by atoms with van der Waals surface area (Å²) in [5.41, 5.74) is 0. The lowest BCUT2D eigenvalue weighted by Crippen LogP contribution is -2.26. The second kappa shape index (κ2) is 13.9. The van der Waals surface area contributed by atoms with Gasteiger partial charge in [0.15, 0.2) is 0 Å². The van der Waals surface area contributed by atoms with Crippen molar-refractivity contribution in [1.82, 2.24) is 0 Å². The van der Waals surface area contributed by atoms with Crippen molar-refractivity contribution in [2.75, 3.05) is 0 Å². The van der Waals surface area contributed by atoms with Gasteiger partial charge in [-0.25, -0.2) is 4.39 Å². The van der Waals surface area contributed by atoms with E-state index in [2.05, 4.69) is 25.7 Å². The maximum atomic E-state index is 14.7. The van der Waals surface area contributed by atoms with Gasteiger partial charge in [0.25, 0.3) is 0 Å². The smallest absolute Gasteiger partial charge is 0.114 e. The standard InChI is InChI=1S/C30H51F/c1-3-5-7-9-24-11-17-27(18-12-24)28-19-13-25(14-20-28)15-21-29-22-16-26(23-30(29)31)10-8-6-4-2/h24-30H,3-14,16-20,22-23H2,1-2H3/t24-,25?,26?,27-,28?,29?,30?. The Labute approximate surface area is 193 Å². The molecule has 178 valence electrons. The first kappa shape index (κ1) is 25.1. The highest BCUT2D eigenvalue weighted by Crippen LogP contribution is 2.42. The summed E-state index contributed by atoms with van der Waals surface area (Å²) in [7, 11) is 0. The Morgan fingerprint density at radius 3 is 1.74 bits per heavy atom. The van der Waals surface area contributed by atoms with E-state index in [0.29, 0.717) is 11.8 Å². The van der Waals surface area contributed by atoms with Gasteiger partial charge in [-0.2, -0.15) is 0 Å². The third-order valence-electron chi connectivity index (χ3n) is 9.12. The van der Waals surface area contributed by atoms with Gasteiger partial charge in [-0.3, -0.25) is 0 Å². The van der Waals surface area contributed by atoms with Crippen molar-refractivity contribution in [3.63, 3.8) is 0 Å². The van der Waals surface area contributed by atoms with Gasteiger partial charge < -0.3 is 0 Å². The molecule has 3 aliphatic rings. The van der Waals surface area contributed by atoms with E-state index in [0.717, 1.165) is 30.6 Å². The molecule has 3 atom stereocenters. The molecule has 0 radical (unpaired) electrons. The van der Waals surface area contributed by atoms with E-state index < -0.39 is 6.17 Å². The van der Waals surface area contributed by atoms with Crippen LogP contribution < -0.4 is 0 Å². The Hall–Kier alpha value is -0.510. The van der Waals surface area contributed by atoms with E-state index in [1.54, 1.807) is 0 Å². The van der Waals surface area contributed by atoms with Gasteiger partial charge in [-0.05, 0) is 81.5 Å². The molecule has 0 nitrogen and oxygen atoms in total. The summed E-state index contributed by atoms with van der Waals surface area (Å²) in [6.45, 7) is 4.56. The van der Waals surface area contributed by atoms with Crippen molar-refractivity contribution in [2.24, 2.45) is 35.5 Å². The first-order valence-corrected chi connectivity index (χ1v) is 14.3. The highest BCUT2D eigenvalue weighted by molar-refractivity contribution is 5.11. The summed E-state index contributed by atoms with van der Waals surface area (Å²) < 4.78 is 14.7. The lowest BCUT2D eigenvalue weighted by atomic mass is 9.68. The zero-order chi connectivity index (χ0) is 21.9. The predicted molar refractivity (Wildman–Crippen MR) is 133 cm³/mol. The molecule has 3 fully saturated rings. The molecule has 3 saturated carbocycles. The largest absolute Gasteiger partial charge is 0.246 e. The minimum Gasteiger partial charge on any atom is -0.246 e. The van der Waals surface area contributed by atoms with E-state index >= 15 is 0 Å². The van der Waals surface area contributed by atoms with Crippen molar-refractivity contribution >= 4 is 0 Å². The summed E-state index contributed by atoms with van der Waals surface area (Å²) in [4.78, 5) is 0. The first-order chi connectivity index (χ1) is 15.2. The second-order valence-corrected chi connectivity index (χ2v) is 11.5. The molecule has 3 unspecified atom stereocenters. The van der Waals surface area contributed by atoms with Crippen LogP contribution in [0.15, 0.2) is 0 Å². The molecule has 0 heterocycles. The monoisotopic (exact) mass is 430 g/mol. The minimum atomic E-state index is -0.670. The number of hydrogen-bond donors (Lipinski definition) is 0. The molecule has 3 aliphatic carbocycles. The Morgan fingerprint density at radius 2 is 1.16 bits per heavy atom. The van der Waals surface area contributed by atoms with Gasteiger partial charge in [-0.1, -0.05) is 89.9 Å². The molecule has 0 saturated heterocycles. The number of unbranched alkanes of at least 4 members (excludes halogenated alkanes) is 4. The normalized spacial score (nSPS) is 36.5. The fourth-order valence-corrected chi connectivity index (χ4v) is 6.90. The first-order valence-electron chi connectivity index (χ1n) is 14.3. The maximum Gasteiger partial charge on any atom is 0.114 e.